The van der Waals surface area contributed by atoms with E-state index in [9.17, 15) is 10.1 Å². The molecule has 1 aliphatic rings. The molecule has 0 fully saturated rings. The summed E-state index contributed by atoms with van der Waals surface area (Å²) in [5.41, 5.74) is 4.01. The van der Waals surface area contributed by atoms with Crippen LogP contribution in [-0.2, 0) is 13.1 Å². The van der Waals surface area contributed by atoms with Crippen LogP contribution in [0.3, 0.4) is 0 Å². The van der Waals surface area contributed by atoms with Gasteiger partial charge in [-0.1, -0.05) is 0 Å². The zero-order chi connectivity index (χ0) is 18.6. The van der Waals surface area contributed by atoms with E-state index < -0.39 is 0 Å². The van der Waals surface area contributed by atoms with Crippen LogP contribution in [0.5, 0.6) is 0 Å². The Morgan fingerprint density at radius 3 is 2.81 bits per heavy atom. The SMILES string of the molecule is Cc1cc(C)n2c(n1)nc(=S)n2CN1c2ccc([N+](=O)[O-])cc2CC1C. The number of fused-ring (bicyclic) bond motifs is 2. The quantitative estimate of drug-likeness (QED) is 0.400. The summed E-state index contributed by atoms with van der Waals surface area (Å²) in [6.07, 6.45) is 0.761. The molecule has 0 saturated carbocycles. The van der Waals surface area contributed by atoms with Crippen LogP contribution in [0.1, 0.15) is 23.9 Å². The minimum atomic E-state index is -0.356. The van der Waals surface area contributed by atoms with Crippen LogP contribution in [0.4, 0.5) is 11.4 Å². The zero-order valence-corrected chi connectivity index (χ0v) is 15.5. The molecule has 0 radical (unpaired) electrons. The van der Waals surface area contributed by atoms with E-state index in [-0.39, 0.29) is 16.7 Å². The highest BCUT2D eigenvalue weighted by molar-refractivity contribution is 7.71. The summed E-state index contributed by atoms with van der Waals surface area (Å²) >= 11 is 5.46. The molecule has 3 heterocycles. The van der Waals surface area contributed by atoms with E-state index >= 15 is 0 Å². The fourth-order valence-corrected chi connectivity index (χ4v) is 3.86. The molecule has 0 saturated heterocycles. The number of nitrogens with zero attached hydrogens (tertiary/aromatic N) is 6. The van der Waals surface area contributed by atoms with E-state index in [1.54, 1.807) is 12.1 Å². The van der Waals surface area contributed by atoms with Gasteiger partial charge in [-0.15, -0.1) is 0 Å². The molecule has 8 nitrogen and oxygen atoms in total. The second-order valence-corrected chi connectivity index (χ2v) is 7.04. The molecule has 26 heavy (non-hydrogen) atoms. The van der Waals surface area contributed by atoms with Gasteiger partial charge in [-0.05, 0) is 57.1 Å². The molecule has 0 bridgehead atoms. The van der Waals surface area contributed by atoms with Gasteiger partial charge in [0.2, 0.25) is 4.77 Å². The van der Waals surface area contributed by atoms with Crippen molar-refractivity contribution in [2.45, 2.75) is 39.9 Å². The Morgan fingerprint density at radius 1 is 1.31 bits per heavy atom. The molecule has 1 aliphatic heterocycles. The second-order valence-electron chi connectivity index (χ2n) is 6.68. The third-order valence-corrected chi connectivity index (χ3v) is 5.09. The molecule has 1 atom stereocenters. The van der Waals surface area contributed by atoms with Gasteiger partial charge in [0.1, 0.15) is 6.67 Å². The number of nitro benzene ring substituents is 1. The Bertz CT molecular complexity index is 1100. The van der Waals surface area contributed by atoms with E-state index in [0.29, 0.717) is 17.2 Å². The first-order chi connectivity index (χ1) is 12.3. The van der Waals surface area contributed by atoms with E-state index in [2.05, 4.69) is 21.8 Å². The first kappa shape index (κ1) is 16.6. The lowest BCUT2D eigenvalue weighted by Crippen LogP contribution is -2.33. The van der Waals surface area contributed by atoms with Gasteiger partial charge < -0.3 is 4.90 Å². The maximum atomic E-state index is 11.0. The van der Waals surface area contributed by atoms with Crippen molar-refractivity contribution in [3.8, 4) is 0 Å². The van der Waals surface area contributed by atoms with Crippen LogP contribution < -0.4 is 4.90 Å². The fraction of sp³-hybridized carbons (Fsp3) is 0.353. The maximum absolute atomic E-state index is 11.0. The molecule has 0 N–H and O–H groups in total. The number of hydrogen-bond acceptors (Lipinski definition) is 6. The minimum absolute atomic E-state index is 0.125. The first-order valence-corrected chi connectivity index (χ1v) is 8.74. The molecular formula is C17H18N6O2S. The molecule has 0 aliphatic carbocycles. The number of aryl methyl sites for hydroxylation is 2. The lowest BCUT2D eigenvalue weighted by Gasteiger charge is -2.25. The van der Waals surface area contributed by atoms with Gasteiger partial charge in [0.25, 0.3) is 11.5 Å². The van der Waals surface area contributed by atoms with Crippen molar-refractivity contribution in [2.24, 2.45) is 0 Å². The third-order valence-electron chi connectivity index (χ3n) is 4.79. The van der Waals surface area contributed by atoms with Crippen molar-refractivity contribution in [3.05, 3.63) is 56.1 Å². The van der Waals surface area contributed by atoms with Crippen molar-refractivity contribution in [2.75, 3.05) is 4.90 Å². The van der Waals surface area contributed by atoms with E-state index in [1.807, 2.05) is 35.2 Å². The van der Waals surface area contributed by atoms with Crippen LogP contribution in [0.25, 0.3) is 5.78 Å². The van der Waals surface area contributed by atoms with Gasteiger partial charge in [0, 0.05) is 35.2 Å². The lowest BCUT2D eigenvalue weighted by atomic mass is 10.1. The van der Waals surface area contributed by atoms with Crippen molar-refractivity contribution >= 4 is 29.4 Å². The molecule has 9 heteroatoms. The van der Waals surface area contributed by atoms with Crippen molar-refractivity contribution < 1.29 is 4.92 Å². The molecule has 134 valence electrons. The third kappa shape index (κ3) is 2.55. The molecule has 4 rings (SSSR count). The van der Waals surface area contributed by atoms with E-state index in [4.69, 9.17) is 12.2 Å². The molecule has 3 aromatic rings. The predicted molar refractivity (Wildman–Crippen MR) is 100 cm³/mol. The summed E-state index contributed by atoms with van der Waals surface area (Å²) in [4.78, 5) is 21.7. The summed E-state index contributed by atoms with van der Waals surface area (Å²) in [5.74, 6) is 0.586. The molecule has 2 aromatic heterocycles. The Morgan fingerprint density at radius 2 is 2.08 bits per heavy atom. The number of hydrogen-bond donors (Lipinski definition) is 0. The molecule has 0 spiro atoms. The average molecular weight is 370 g/mol. The van der Waals surface area contributed by atoms with Gasteiger partial charge in [-0.25, -0.2) is 14.2 Å². The summed E-state index contributed by atoms with van der Waals surface area (Å²) in [6.45, 7) is 6.55. The molecule has 0 amide bonds. The van der Waals surface area contributed by atoms with Gasteiger partial charge in [-0.3, -0.25) is 10.1 Å². The number of rotatable bonds is 3. The van der Waals surface area contributed by atoms with Crippen LogP contribution in [0, 0.1) is 28.7 Å². The second kappa shape index (κ2) is 5.87. The Labute approximate surface area is 154 Å². The monoisotopic (exact) mass is 370 g/mol. The molecule has 1 aromatic carbocycles. The Hall–Kier alpha value is -2.81. The van der Waals surface area contributed by atoms with Crippen LogP contribution in [0.2, 0.25) is 0 Å². The topological polar surface area (TPSA) is 81.5 Å². The summed E-state index contributed by atoms with van der Waals surface area (Å²) in [6, 6.07) is 7.23. The minimum Gasteiger partial charge on any atom is -0.349 e. The Balaban J connectivity index is 1.78. The fourth-order valence-electron chi connectivity index (χ4n) is 3.64. The summed E-state index contributed by atoms with van der Waals surface area (Å²) in [7, 11) is 0. The number of aromatic nitrogens is 4. The zero-order valence-electron chi connectivity index (χ0n) is 14.7. The van der Waals surface area contributed by atoms with Crippen LogP contribution in [0.15, 0.2) is 24.3 Å². The maximum Gasteiger partial charge on any atom is 0.269 e. The Kier molecular flexibility index (Phi) is 3.76. The highest BCUT2D eigenvalue weighted by atomic mass is 32.1. The number of benzene rings is 1. The van der Waals surface area contributed by atoms with Crippen LogP contribution in [-0.4, -0.2) is 30.1 Å². The highest BCUT2D eigenvalue weighted by Crippen LogP contribution is 2.35. The normalized spacial score (nSPS) is 16.3. The largest absolute Gasteiger partial charge is 0.349 e. The van der Waals surface area contributed by atoms with E-state index in [0.717, 1.165) is 29.1 Å². The van der Waals surface area contributed by atoms with Gasteiger partial charge >= 0.3 is 0 Å². The van der Waals surface area contributed by atoms with Gasteiger partial charge in [-0.2, -0.15) is 4.98 Å². The van der Waals surface area contributed by atoms with Gasteiger partial charge in [0.15, 0.2) is 0 Å². The number of anilines is 1. The molecular weight excluding hydrogens is 352 g/mol. The smallest absolute Gasteiger partial charge is 0.269 e. The standard InChI is InChI=1S/C17H18N6O2S/c1-10-6-12(3)22-16(18-10)19-17(26)21(22)9-20-11(2)7-13-8-14(23(24)25)4-5-15(13)20/h4-6,8,11H,7,9H2,1-3H3. The van der Waals surface area contributed by atoms with Crippen molar-refractivity contribution in [1.29, 1.82) is 0 Å². The number of non-ortho nitro benzene ring substituents is 1. The molecule has 1 unspecified atom stereocenters. The summed E-state index contributed by atoms with van der Waals surface area (Å²) < 4.78 is 4.30. The lowest BCUT2D eigenvalue weighted by molar-refractivity contribution is -0.384. The highest BCUT2D eigenvalue weighted by Gasteiger charge is 2.28. The first-order valence-electron chi connectivity index (χ1n) is 8.33. The van der Waals surface area contributed by atoms with Crippen molar-refractivity contribution in [1.82, 2.24) is 19.2 Å². The average Bonchev–Trinajstić information content (AvgIpc) is 3.04. The number of nitro groups is 1. The van der Waals surface area contributed by atoms with Crippen molar-refractivity contribution in [3.63, 3.8) is 0 Å². The van der Waals surface area contributed by atoms with Crippen LogP contribution >= 0.6 is 12.2 Å². The summed E-state index contributed by atoms with van der Waals surface area (Å²) in [5, 5.41) is 11.0. The van der Waals surface area contributed by atoms with E-state index in [1.165, 1.54) is 0 Å². The predicted octanol–water partition coefficient (Wildman–Crippen LogP) is 3.19. The van der Waals surface area contributed by atoms with Gasteiger partial charge in [0.05, 0.1) is 4.92 Å².